The highest BCUT2D eigenvalue weighted by atomic mass is 35.5. The number of rotatable bonds is 4. The highest BCUT2D eigenvalue weighted by Crippen LogP contribution is 2.28. The van der Waals surface area contributed by atoms with E-state index in [1.165, 1.54) is 18.6 Å². The molecule has 0 amide bonds. The quantitative estimate of drug-likeness (QED) is 0.853. The van der Waals surface area contributed by atoms with Crippen molar-refractivity contribution in [2.24, 2.45) is 5.92 Å². The summed E-state index contributed by atoms with van der Waals surface area (Å²) in [6, 6.07) is 2.91. The minimum atomic E-state index is -0.421. The van der Waals surface area contributed by atoms with Crippen LogP contribution in [0.3, 0.4) is 0 Å². The van der Waals surface area contributed by atoms with Gasteiger partial charge in [0.15, 0.2) is 0 Å². The van der Waals surface area contributed by atoms with E-state index in [1.54, 1.807) is 0 Å². The van der Waals surface area contributed by atoms with Crippen LogP contribution >= 0.6 is 23.2 Å². The van der Waals surface area contributed by atoms with Gasteiger partial charge in [-0.05, 0) is 57.1 Å². The second kappa shape index (κ2) is 6.40. The summed E-state index contributed by atoms with van der Waals surface area (Å²) in [4.78, 5) is 2.33. The van der Waals surface area contributed by atoms with Crippen LogP contribution in [0, 0.1) is 11.7 Å². The van der Waals surface area contributed by atoms with Gasteiger partial charge in [-0.3, -0.25) is 0 Å². The molecule has 0 radical (unpaired) electrons. The molecule has 2 unspecified atom stereocenters. The number of hydrogen-bond acceptors (Lipinski definition) is 2. The first-order chi connectivity index (χ1) is 8.97. The van der Waals surface area contributed by atoms with Gasteiger partial charge in [0.2, 0.25) is 0 Å². The molecule has 1 aromatic carbocycles. The molecule has 0 bridgehead atoms. The van der Waals surface area contributed by atoms with Crippen LogP contribution in [0.5, 0.6) is 0 Å². The van der Waals surface area contributed by atoms with E-state index in [2.05, 4.69) is 17.3 Å². The van der Waals surface area contributed by atoms with Gasteiger partial charge in [0, 0.05) is 17.6 Å². The number of nitrogens with one attached hydrogen (secondary N) is 1. The van der Waals surface area contributed by atoms with Crippen LogP contribution in [-0.2, 0) is 0 Å². The van der Waals surface area contributed by atoms with Crippen molar-refractivity contribution in [3.8, 4) is 0 Å². The molecule has 0 spiro atoms. The van der Waals surface area contributed by atoms with Crippen LogP contribution in [0.2, 0.25) is 10.0 Å². The third-order valence-electron chi connectivity index (χ3n) is 3.71. The largest absolute Gasteiger partial charge is 0.310 e. The fourth-order valence-electron chi connectivity index (χ4n) is 2.52. The van der Waals surface area contributed by atoms with Crippen LogP contribution in [-0.4, -0.2) is 31.6 Å². The first-order valence-corrected chi connectivity index (χ1v) is 7.29. The van der Waals surface area contributed by atoms with Crippen molar-refractivity contribution in [2.75, 3.05) is 26.7 Å². The summed E-state index contributed by atoms with van der Waals surface area (Å²) in [6.45, 7) is 5.18. The van der Waals surface area contributed by atoms with Crippen LogP contribution in [0.25, 0.3) is 0 Å². The minimum absolute atomic E-state index is 0.0187. The Bertz CT molecular complexity index is 453. The van der Waals surface area contributed by atoms with Crippen LogP contribution in [0.15, 0.2) is 12.1 Å². The van der Waals surface area contributed by atoms with E-state index in [9.17, 15) is 4.39 Å². The molecule has 1 fully saturated rings. The Morgan fingerprint density at radius 1 is 1.42 bits per heavy atom. The zero-order chi connectivity index (χ0) is 14.0. The average Bonchev–Trinajstić information content (AvgIpc) is 2.77. The molecule has 5 heteroatoms. The summed E-state index contributed by atoms with van der Waals surface area (Å²) >= 11 is 11.8. The summed E-state index contributed by atoms with van der Waals surface area (Å²) in [5.74, 6) is 0.235. The summed E-state index contributed by atoms with van der Waals surface area (Å²) in [7, 11) is 2.13. The Balaban J connectivity index is 1.96. The van der Waals surface area contributed by atoms with Crippen LogP contribution in [0.1, 0.15) is 24.9 Å². The van der Waals surface area contributed by atoms with Gasteiger partial charge in [-0.1, -0.05) is 23.2 Å². The highest BCUT2D eigenvalue weighted by molar-refractivity contribution is 6.35. The molecular weight excluding hydrogens is 286 g/mol. The topological polar surface area (TPSA) is 15.3 Å². The normalized spacial score (nSPS) is 21.8. The van der Waals surface area contributed by atoms with Gasteiger partial charge >= 0.3 is 0 Å². The van der Waals surface area contributed by atoms with E-state index in [1.807, 2.05) is 6.92 Å². The highest BCUT2D eigenvalue weighted by Gasteiger charge is 2.20. The molecular formula is C14H19Cl2FN2. The van der Waals surface area contributed by atoms with Gasteiger partial charge in [0.05, 0.1) is 5.02 Å². The van der Waals surface area contributed by atoms with Gasteiger partial charge in [-0.25, -0.2) is 4.39 Å². The van der Waals surface area contributed by atoms with Crippen molar-refractivity contribution in [2.45, 2.75) is 19.4 Å². The molecule has 2 atom stereocenters. The molecule has 0 aliphatic carbocycles. The Kier molecular flexibility index (Phi) is 5.07. The molecule has 1 aliphatic rings. The summed E-state index contributed by atoms with van der Waals surface area (Å²) < 4.78 is 13.5. The lowest BCUT2D eigenvalue weighted by Gasteiger charge is -2.19. The molecule has 1 saturated heterocycles. The van der Waals surface area contributed by atoms with Gasteiger partial charge in [-0.2, -0.15) is 0 Å². The SMILES string of the molecule is CC(NCC1CCN(C)C1)c1cc(F)c(Cl)cc1Cl. The lowest BCUT2D eigenvalue weighted by Crippen LogP contribution is -2.27. The molecule has 1 aliphatic heterocycles. The maximum absolute atomic E-state index is 13.5. The molecule has 2 nitrogen and oxygen atoms in total. The maximum atomic E-state index is 13.5. The minimum Gasteiger partial charge on any atom is -0.310 e. The number of benzene rings is 1. The molecule has 0 aromatic heterocycles. The zero-order valence-corrected chi connectivity index (χ0v) is 12.7. The van der Waals surface area contributed by atoms with E-state index < -0.39 is 5.82 Å². The van der Waals surface area contributed by atoms with Crippen molar-refractivity contribution < 1.29 is 4.39 Å². The van der Waals surface area contributed by atoms with E-state index in [0.717, 1.165) is 25.2 Å². The Morgan fingerprint density at radius 3 is 2.79 bits per heavy atom. The molecule has 106 valence electrons. The predicted octanol–water partition coefficient (Wildman–Crippen LogP) is 3.73. The fourth-order valence-corrected chi connectivity index (χ4v) is 3.06. The predicted molar refractivity (Wildman–Crippen MR) is 78.4 cm³/mol. The van der Waals surface area contributed by atoms with Gasteiger partial charge in [0.1, 0.15) is 5.82 Å². The maximum Gasteiger partial charge on any atom is 0.142 e. The first kappa shape index (κ1) is 15.0. The van der Waals surface area contributed by atoms with E-state index in [4.69, 9.17) is 23.2 Å². The second-order valence-corrected chi connectivity index (χ2v) is 6.15. The van der Waals surface area contributed by atoms with Gasteiger partial charge in [-0.15, -0.1) is 0 Å². The van der Waals surface area contributed by atoms with E-state index in [0.29, 0.717) is 10.9 Å². The summed E-state index contributed by atoms with van der Waals surface area (Å²) in [5, 5.41) is 4.01. The second-order valence-electron chi connectivity index (χ2n) is 5.33. The lowest BCUT2D eigenvalue weighted by molar-refractivity contribution is 0.382. The van der Waals surface area contributed by atoms with Crippen molar-refractivity contribution in [1.82, 2.24) is 10.2 Å². The van der Waals surface area contributed by atoms with Crippen LogP contribution < -0.4 is 5.32 Å². The average molecular weight is 305 g/mol. The van der Waals surface area contributed by atoms with Crippen LogP contribution in [0.4, 0.5) is 4.39 Å². The molecule has 0 saturated carbocycles. The first-order valence-electron chi connectivity index (χ1n) is 6.53. The number of hydrogen-bond donors (Lipinski definition) is 1. The number of halogens is 3. The van der Waals surface area contributed by atoms with Gasteiger partial charge in [0.25, 0.3) is 0 Å². The number of likely N-dealkylation sites (tertiary alicyclic amines) is 1. The smallest absolute Gasteiger partial charge is 0.142 e. The van der Waals surface area contributed by atoms with Gasteiger partial charge < -0.3 is 10.2 Å². The third-order valence-corrected chi connectivity index (χ3v) is 4.32. The monoisotopic (exact) mass is 304 g/mol. The Morgan fingerprint density at radius 2 is 2.16 bits per heavy atom. The molecule has 2 rings (SSSR count). The fraction of sp³-hybridized carbons (Fsp3) is 0.571. The Hall–Kier alpha value is -0.350. The van der Waals surface area contributed by atoms with Crippen molar-refractivity contribution >= 4 is 23.2 Å². The third kappa shape index (κ3) is 3.82. The van der Waals surface area contributed by atoms with Crippen molar-refractivity contribution in [3.63, 3.8) is 0 Å². The molecule has 1 N–H and O–H groups in total. The zero-order valence-electron chi connectivity index (χ0n) is 11.2. The summed E-state index contributed by atoms with van der Waals surface area (Å²) in [5.41, 5.74) is 0.759. The molecule has 1 aromatic rings. The standard InChI is InChI=1S/C14H19Cl2FN2/c1-9(18-7-10-3-4-19(2)8-10)11-5-14(17)13(16)6-12(11)15/h5-6,9-10,18H,3-4,7-8H2,1-2H3. The van der Waals surface area contributed by atoms with Crippen molar-refractivity contribution in [3.05, 3.63) is 33.6 Å². The van der Waals surface area contributed by atoms with E-state index >= 15 is 0 Å². The number of nitrogens with zero attached hydrogens (tertiary/aromatic N) is 1. The summed E-state index contributed by atoms with van der Waals surface area (Å²) in [6.07, 6.45) is 1.21. The molecule has 19 heavy (non-hydrogen) atoms. The Labute approximate surface area is 123 Å². The lowest BCUT2D eigenvalue weighted by atomic mass is 10.1. The van der Waals surface area contributed by atoms with E-state index in [-0.39, 0.29) is 11.1 Å². The van der Waals surface area contributed by atoms with Crippen molar-refractivity contribution in [1.29, 1.82) is 0 Å². The molecule has 1 heterocycles.